The molecular formula is C10H15N3O2. The fourth-order valence-electron chi connectivity index (χ4n) is 1.63. The van der Waals surface area contributed by atoms with Gasteiger partial charge in [0, 0.05) is 6.61 Å². The summed E-state index contributed by atoms with van der Waals surface area (Å²) in [5.74, 6) is 1.45. The average molecular weight is 209 g/mol. The maximum absolute atomic E-state index is 5.29. The van der Waals surface area contributed by atoms with Crippen LogP contribution in [0.2, 0.25) is 0 Å². The molecule has 1 atom stereocenters. The van der Waals surface area contributed by atoms with Crippen LogP contribution in [0.15, 0.2) is 6.33 Å². The lowest BCUT2D eigenvalue weighted by atomic mass is 10.2. The number of aromatic nitrogens is 2. The van der Waals surface area contributed by atoms with E-state index in [1.807, 2.05) is 6.92 Å². The van der Waals surface area contributed by atoms with E-state index in [-0.39, 0.29) is 0 Å². The molecule has 0 bridgehead atoms. The molecule has 0 aliphatic carbocycles. The lowest BCUT2D eigenvalue weighted by molar-refractivity contribution is 0.195. The van der Waals surface area contributed by atoms with Crippen molar-refractivity contribution in [1.82, 2.24) is 9.97 Å². The number of hydrogen-bond acceptors (Lipinski definition) is 5. The highest BCUT2D eigenvalue weighted by Crippen LogP contribution is 2.21. The highest BCUT2D eigenvalue weighted by molar-refractivity contribution is 5.48. The fourth-order valence-corrected chi connectivity index (χ4v) is 1.63. The molecule has 1 aromatic rings. The Morgan fingerprint density at radius 3 is 3.07 bits per heavy atom. The summed E-state index contributed by atoms with van der Waals surface area (Å²) in [6.45, 7) is 3.50. The predicted octanol–water partition coefficient (Wildman–Crippen LogP) is 0.994. The SMILES string of the molecule is COc1ncnc(NC2CCOC2)c1C. The van der Waals surface area contributed by atoms with Gasteiger partial charge in [-0.05, 0) is 13.3 Å². The van der Waals surface area contributed by atoms with Crippen molar-refractivity contribution >= 4 is 5.82 Å². The van der Waals surface area contributed by atoms with E-state index in [2.05, 4.69) is 15.3 Å². The highest BCUT2D eigenvalue weighted by Gasteiger charge is 2.17. The van der Waals surface area contributed by atoms with Crippen LogP contribution in [0.3, 0.4) is 0 Å². The van der Waals surface area contributed by atoms with E-state index < -0.39 is 0 Å². The van der Waals surface area contributed by atoms with Crippen molar-refractivity contribution in [3.63, 3.8) is 0 Å². The summed E-state index contributed by atoms with van der Waals surface area (Å²) in [7, 11) is 1.61. The Kier molecular flexibility index (Phi) is 3.01. The highest BCUT2D eigenvalue weighted by atomic mass is 16.5. The zero-order chi connectivity index (χ0) is 10.7. The molecular weight excluding hydrogens is 194 g/mol. The van der Waals surface area contributed by atoms with Crippen LogP contribution in [0, 0.1) is 6.92 Å². The van der Waals surface area contributed by atoms with Crippen molar-refractivity contribution in [2.45, 2.75) is 19.4 Å². The first-order chi connectivity index (χ1) is 7.31. The third kappa shape index (κ3) is 2.18. The normalized spacial score (nSPS) is 20.3. The molecule has 0 aromatic carbocycles. The van der Waals surface area contributed by atoms with E-state index in [1.165, 1.54) is 6.33 Å². The molecule has 5 heteroatoms. The largest absolute Gasteiger partial charge is 0.481 e. The Labute approximate surface area is 88.8 Å². The van der Waals surface area contributed by atoms with Gasteiger partial charge in [0.25, 0.3) is 0 Å². The molecule has 2 rings (SSSR count). The Morgan fingerprint density at radius 1 is 1.53 bits per heavy atom. The standard InChI is InChI=1S/C10H15N3O2/c1-7-9(11-6-12-10(7)14-2)13-8-3-4-15-5-8/h6,8H,3-5H2,1-2H3,(H,11,12,13). The van der Waals surface area contributed by atoms with Gasteiger partial charge in [-0.25, -0.2) is 9.97 Å². The lowest BCUT2D eigenvalue weighted by Crippen LogP contribution is -2.20. The first-order valence-electron chi connectivity index (χ1n) is 5.01. The second kappa shape index (κ2) is 4.44. The molecule has 1 fully saturated rings. The number of nitrogens with one attached hydrogen (secondary N) is 1. The Balaban J connectivity index is 2.13. The number of nitrogens with zero attached hydrogens (tertiary/aromatic N) is 2. The third-order valence-corrected chi connectivity index (χ3v) is 2.50. The minimum Gasteiger partial charge on any atom is -0.481 e. The zero-order valence-electron chi connectivity index (χ0n) is 8.99. The third-order valence-electron chi connectivity index (χ3n) is 2.50. The van der Waals surface area contributed by atoms with Gasteiger partial charge < -0.3 is 14.8 Å². The Hall–Kier alpha value is -1.36. The van der Waals surface area contributed by atoms with Crippen LogP contribution in [0.1, 0.15) is 12.0 Å². The summed E-state index contributed by atoms with van der Waals surface area (Å²) < 4.78 is 10.4. The van der Waals surface area contributed by atoms with E-state index in [1.54, 1.807) is 7.11 Å². The van der Waals surface area contributed by atoms with Crippen molar-refractivity contribution in [1.29, 1.82) is 0 Å². The van der Waals surface area contributed by atoms with Crippen molar-refractivity contribution in [2.24, 2.45) is 0 Å². The molecule has 82 valence electrons. The summed E-state index contributed by atoms with van der Waals surface area (Å²) in [6.07, 6.45) is 2.52. The first-order valence-corrected chi connectivity index (χ1v) is 5.01. The lowest BCUT2D eigenvalue weighted by Gasteiger charge is -2.14. The summed E-state index contributed by atoms with van der Waals surface area (Å²) in [5.41, 5.74) is 0.937. The molecule has 1 saturated heterocycles. The molecule has 15 heavy (non-hydrogen) atoms. The minimum absolute atomic E-state index is 0.350. The first kappa shape index (κ1) is 10.2. The van der Waals surface area contributed by atoms with E-state index in [0.29, 0.717) is 11.9 Å². The summed E-state index contributed by atoms with van der Waals surface area (Å²) in [4.78, 5) is 8.22. The minimum atomic E-state index is 0.350. The second-order valence-electron chi connectivity index (χ2n) is 3.56. The van der Waals surface area contributed by atoms with Gasteiger partial charge in [-0.15, -0.1) is 0 Å². The van der Waals surface area contributed by atoms with Gasteiger partial charge in [-0.2, -0.15) is 0 Å². The van der Waals surface area contributed by atoms with Gasteiger partial charge in [0.2, 0.25) is 5.88 Å². The number of methoxy groups -OCH3 is 1. The van der Waals surface area contributed by atoms with Crippen LogP contribution in [0.25, 0.3) is 0 Å². The molecule has 1 N–H and O–H groups in total. The van der Waals surface area contributed by atoms with Crippen LogP contribution < -0.4 is 10.1 Å². The maximum atomic E-state index is 5.29. The Bertz CT molecular complexity index is 337. The van der Waals surface area contributed by atoms with Gasteiger partial charge in [-0.3, -0.25) is 0 Å². The molecule has 0 spiro atoms. The summed E-state index contributed by atoms with van der Waals surface area (Å²) >= 11 is 0. The maximum Gasteiger partial charge on any atom is 0.221 e. The van der Waals surface area contributed by atoms with Gasteiger partial charge in [0.15, 0.2) is 0 Å². The Morgan fingerprint density at radius 2 is 2.40 bits per heavy atom. The van der Waals surface area contributed by atoms with Crippen LogP contribution in [0.4, 0.5) is 5.82 Å². The molecule has 5 nitrogen and oxygen atoms in total. The van der Waals surface area contributed by atoms with Crippen molar-refractivity contribution in [3.8, 4) is 5.88 Å². The molecule has 1 aliphatic rings. The summed E-state index contributed by atoms with van der Waals surface area (Å²) in [5, 5.41) is 3.33. The van der Waals surface area contributed by atoms with Crippen molar-refractivity contribution in [3.05, 3.63) is 11.9 Å². The second-order valence-corrected chi connectivity index (χ2v) is 3.56. The predicted molar refractivity (Wildman–Crippen MR) is 56.2 cm³/mol. The van der Waals surface area contributed by atoms with Gasteiger partial charge in [0.05, 0.1) is 25.3 Å². The number of rotatable bonds is 3. The van der Waals surface area contributed by atoms with Crippen LogP contribution in [-0.4, -0.2) is 36.3 Å². The molecule has 1 aromatic heterocycles. The van der Waals surface area contributed by atoms with E-state index >= 15 is 0 Å². The van der Waals surface area contributed by atoms with Crippen LogP contribution in [-0.2, 0) is 4.74 Å². The van der Waals surface area contributed by atoms with Crippen LogP contribution >= 0.6 is 0 Å². The van der Waals surface area contributed by atoms with E-state index in [4.69, 9.17) is 9.47 Å². The van der Waals surface area contributed by atoms with Crippen molar-refractivity contribution < 1.29 is 9.47 Å². The topological polar surface area (TPSA) is 56.3 Å². The fraction of sp³-hybridized carbons (Fsp3) is 0.600. The number of anilines is 1. The quantitative estimate of drug-likeness (QED) is 0.804. The molecule has 2 heterocycles. The number of hydrogen-bond donors (Lipinski definition) is 1. The molecule has 1 aliphatic heterocycles. The average Bonchev–Trinajstić information content (AvgIpc) is 2.74. The molecule has 1 unspecified atom stereocenters. The summed E-state index contributed by atoms with van der Waals surface area (Å²) in [6, 6.07) is 0.350. The van der Waals surface area contributed by atoms with Gasteiger partial charge in [-0.1, -0.05) is 0 Å². The zero-order valence-corrected chi connectivity index (χ0v) is 8.99. The van der Waals surface area contributed by atoms with Gasteiger partial charge in [0.1, 0.15) is 12.1 Å². The van der Waals surface area contributed by atoms with Crippen molar-refractivity contribution in [2.75, 3.05) is 25.6 Å². The van der Waals surface area contributed by atoms with E-state index in [9.17, 15) is 0 Å². The molecule has 0 amide bonds. The number of ether oxygens (including phenoxy) is 2. The molecule has 0 radical (unpaired) electrons. The van der Waals surface area contributed by atoms with Gasteiger partial charge >= 0.3 is 0 Å². The monoisotopic (exact) mass is 209 g/mol. The van der Waals surface area contributed by atoms with Crippen LogP contribution in [0.5, 0.6) is 5.88 Å². The smallest absolute Gasteiger partial charge is 0.221 e. The molecule has 0 saturated carbocycles. The van der Waals surface area contributed by atoms with E-state index in [0.717, 1.165) is 31.0 Å².